The Hall–Kier alpha value is -3.77. The molecule has 0 bridgehead atoms. The molecule has 4 rings (SSSR count). The number of ether oxygens (including phenoxy) is 1. The predicted octanol–water partition coefficient (Wildman–Crippen LogP) is 5.98. The van der Waals surface area contributed by atoms with Crippen LogP contribution in [0.3, 0.4) is 0 Å². The van der Waals surface area contributed by atoms with Gasteiger partial charge in [0.1, 0.15) is 11.6 Å². The number of nitrogens with zero attached hydrogens (tertiary/aromatic N) is 2. The summed E-state index contributed by atoms with van der Waals surface area (Å²) in [6, 6.07) is 21.1. The van der Waals surface area contributed by atoms with E-state index in [4.69, 9.17) is 16.3 Å². The van der Waals surface area contributed by atoms with Gasteiger partial charge in [0.2, 0.25) is 5.88 Å². The van der Waals surface area contributed by atoms with Crippen LogP contribution >= 0.6 is 11.6 Å². The Labute approximate surface area is 177 Å². The highest BCUT2D eigenvalue weighted by atomic mass is 35.5. The number of carbonyl (C=O) groups is 1. The number of carbonyl (C=O) groups excluding carboxylic acids is 1. The average molecular weight is 420 g/mol. The summed E-state index contributed by atoms with van der Waals surface area (Å²) < 4.78 is 18.9. The second kappa shape index (κ2) is 8.71. The zero-order chi connectivity index (χ0) is 20.9. The van der Waals surface area contributed by atoms with Crippen molar-refractivity contribution in [3.63, 3.8) is 0 Å². The highest BCUT2D eigenvalue weighted by Crippen LogP contribution is 2.24. The second-order valence-corrected chi connectivity index (χ2v) is 6.75. The lowest BCUT2D eigenvalue weighted by Crippen LogP contribution is -2.11. The molecule has 0 radical (unpaired) electrons. The molecule has 1 amide bonds. The van der Waals surface area contributed by atoms with Crippen molar-refractivity contribution >= 4 is 23.2 Å². The van der Waals surface area contributed by atoms with E-state index in [1.807, 2.05) is 0 Å². The van der Waals surface area contributed by atoms with Crippen molar-refractivity contribution in [2.45, 2.75) is 0 Å². The number of benzene rings is 3. The zero-order valence-electron chi connectivity index (χ0n) is 15.5. The van der Waals surface area contributed by atoms with Crippen LogP contribution in [0.1, 0.15) is 10.4 Å². The van der Waals surface area contributed by atoms with E-state index in [0.29, 0.717) is 39.3 Å². The van der Waals surface area contributed by atoms with Gasteiger partial charge in [0.25, 0.3) is 5.91 Å². The number of halogens is 2. The molecule has 7 heteroatoms. The van der Waals surface area contributed by atoms with Gasteiger partial charge in [-0.3, -0.25) is 4.79 Å². The van der Waals surface area contributed by atoms with Gasteiger partial charge >= 0.3 is 0 Å². The van der Waals surface area contributed by atoms with Crippen molar-refractivity contribution < 1.29 is 13.9 Å². The molecule has 30 heavy (non-hydrogen) atoms. The molecule has 0 aliphatic heterocycles. The van der Waals surface area contributed by atoms with Gasteiger partial charge in [0.15, 0.2) is 5.82 Å². The molecule has 0 aliphatic rings. The first-order valence-corrected chi connectivity index (χ1v) is 9.38. The molecule has 0 spiro atoms. The molecule has 3 aromatic carbocycles. The predicted molar refractivity (Wildman–Crippen MR) is 113 cm³/mol. The molecular weight excluding hydrogens is 405 g/mol. The topological polar surface area (TPSA) is 64.1 Å². The van der Waals surface area contributed by atoms with Gasteiger partial charge in [-0.05, 0) is 66.7 Å². The number of aromatic nitrogens is 2. The van der Waals surface area contributed by atoms with E-state index >= 15 is 0 Å². The number of hydrogen-bond donors (Lipinski definition) is 1. The summed E-state index contributed by atoms with van der Waals surface area (Å²) >= 11 is 5.86. The van der Waals surface area contributed by atoms with Gasteiger partial charge in [-0.2, -0.15) is 4.98 Å². The number of amides is 1. The summed E-state index contributed by atoms with van der Waals surface area (Å²) in [4.78, 5) is 21.1. The van der Waals surface area contributed by atoms with E-state index in [-0.39, 0.29) is 11.7 Å². The van der Waals surface area contributed by atoms with E-state index in [2.05, 4.69) is 15.3 Å². The summed E-state index contributed by atoms with van der Waals surface area (Å²) in [5.74, 6) is 0.545. The van der Waals surface area contributed by atoms with Gasteiger partial charge in [-0.1, -0.05) is 17.7 Å². The summed E-state index contributed by atoms with van der Waals surface area (Å²) in [6.07, 6.45) is 1.55. The fourth-order valence-corrected chi connectivity index (χ4v) is 2.82. The lowest BCUT2D eigenvalue weighted by atomic mass is 10.2. The third kappa shape index (κ3) is 4.79. The Morgan fingerprint density at radius 3 is 2.50 bits per heavy atom. The summed E-state index contributed by atoms with van der Waals surface area (Å²) in [6.45, 7) is 0. The first kappa shape index (κ1) is 19.5. The first-order chi connectivity index (χ1) is 14.6. The monoisotopic (exact) mass is 419 g/mol. The highest BCUT2D eigenvalue weighted by molar-refractivity contribution is 6.30. The summed E-state index contributed by atoms with van der Waals surface area (Å²) in [7, 11) is 0. The molecule has 1 N–H and O–H groups in total. The zero-order valence-corrected chi connectivity index (χ0v) is 16.3. The Balaban J connectivity index is 1.50. The summed E-state index contributed by atoms with van der Waals surface area (Å²) in [5.41, 5.74) is 1.73. The third-order valence-corrected chi connectivity index (χ3v) is 4.41. The molecule has 0 atom stereocenters. The molecule has 0 unspecified atom stereocenters. The fourth-order valence-electron chi connectivity index (χ4n) is 2.70. The van der Waals surface area contributed by atoms with Crippen LogP contribution in [0.25, 0.3) is 11.4 Å². The van der Waals surface area contributed by atoms with Crippen LogP contribution in [0, 0.1) is 5.82 Å². The van der Waals surface area contributed by atoms with Crippen LogP contribution in [-0.2, 0) is 0 Å². The maximum Gasteiger partial charge on any atom is 0.255 e. The minimum absolute atomic E-state index is 0.280. The lowest BCUT2D eigenvalue weighted by molar-refractivity contribution is 0.102. The molecule has 0 fully saturated rings. The largest absolute Gasteiger partial charge is 0.439 e. The fraction of sp³-hybridized carbons (Fsp3) is 0. The van der Waals surface area contributed by atoms with Crippen molar-refractivity contribution in [1.29, 1.82) is 0 Å². The number of nitrogens with one attached hydrogen (secondary N) is 1. The van der Waals surface area contributed by atoms with Crippen molar-refractivity contribution in [1.82, 2.24) is 9.97 Å². The Morgan fingerprint density at radius 2 is 1.73 bits per heavy atom. The van der Waals surface area contributed by atoms with Crippen molar-refractivity contribution in [3.8, 4) is 23.0 Å². The standard InChI is InChI=1S/C23H15ClFN3O2/c24-17-6-10-19(11-7-17)27-23(29)16-2-1-3-20(14-16)30-21-12-13-26-22(28-21)15-4-8-18(25)9-5-15/h1-14H,(H,27,29). The average Bonchev–Trinajstić information content (AvgIpc) is 2.76. The quantitative estimate of drug-likeness (QED) is 0.432. The van der Waals surface area contributed by atoms with Crippen LogP contribution in [0.2, 0.25) is 5.02 Å². The van der Waals surface area contributed by atoms with Gasteiger partial charge in [-0.25, -0.2) is 9.37 Å². The van der Waals surface area contributed by atoms with E-state index in [0.717, 1.165) is 0 Å². The van der Waals surface area contributed by atoms with Crippen molar-refractivity contribution in [2.24, 2.45) is 0 Å². The van der Waals surface area contributed by atoms with E-state index in [1.165, 1.54) is 12.1 Å². The number of rotatable bonds is 5. The van der Waals surface area contributed by atoms with Crippen molar-refractivity contribution in [3.05, 3.63) is 101 Å². The molecule has 0 aliphatic carbocycles. The Morgan fingerprint density at radius 1 is 0.967 bits per heavy atom. The Kier molecular flexibility index (Phi) is 5.68. The second-order valence-electron chi connectivity index (χ2n) is 6.32. The maximum atomic E-state index is 13.1. The van der Waals surface area contributed by atoms with Crippen LogP contribution in [0.15, 0.2) is 85.1 Å². The maximum absolute atomic E-state index is 13.1. The minimum Gasteiger partial charge on any atom is -0.439 e. The van der Waals surface area contributed by atoms with Crippen LogP contribution in [-0.4, -0.2) is 15.9 Å². The van der Waals surface area contributed by atoms with Crippen molar-refractivity contribution in [2.75, 3.05) is 5.32 Å². The molecular formula is C23H15ClFN3O2. The normalized spacial score (nSPS) is 10.5. The highest BCUT2D eigenvalue weighted by Gasteiger charge is 2.09. The smallest absolute Gasteiger partial charge is 0.255 e. The van der Waals surface area contributed by atoms with Crippen LogP contribution < -0.4 is 10.1 Å². The molecule has 1 heterocycles. The van der Waals surface area contributed by atoms with Crippen LogP contribution in [0.4, 0.5) is 10.1 Å². The van der Waals surface area contributed by atoms with Gasteiger partial charge < -0.3 is 10.1 Å². The number of hydrogen-bond acceptors (Lipinski definition) is 4. The van der Waals surface area contributed by atoms with E-state index in [9.17, 15) is 9.18 Å². The minimum atomic E-state index is -0.333. The molecule has 0 saturated carbocycles. The third-order valence-electron chi connectivity index (χ3n) is 4.15. The molecule has 5 nitrogen and oxygen atoms in total. The van der Waals surface area contributed by atoms with E-state index in [1.54, 1.807) is 72.9 Å². The van der Waals surface area contributed by atoms with Gasteiger partial charge in [-0.15, -0.1) is 0 Å². The first-order valence-electron chi connectivity index (χ1n) is 9.01. The number of anilines is 1. The van der Waals surface area contributed by atoms with E-state index < -0.39 is 0 Å². The molecule has 0 saturated heterocycles. The Bertz CT molecular complexity index is 1180. The molecule has 1 aromatic heterocycles. The summed E-state index contributed by atoms with van der Waals surface area (Å²) in [5, 5.41) is 3.39. The van der Waals surface area contributed by atoms with Gasteiger partial charge in [0.05, 0.1) is 0 Å². The molecule has 4 aromatic rings. The van der Waals surface area contributed by atoms with Crippen LogP contribution in [0.5, 0.6) is 11.6 Å². The molecule has 148 valence electrons. The lowest BCUT2D eigenvalue weighted by Gasteiger charge is -2.09. The SMILES string of the molecule is O=C(Nc1ccc(Cl)cc1)c1cccc(Oc2ccnc(-c3ccc(F)cc3)n2)c1. The van der Waals surface area contributed by atoms with Gasteiger partial charge in [0, 0.05) is 34.1 Å².